The minimum Gasteiger partial charge on any atom is -0.324 e. The monoisotopic (exact) mass is 162 g/mol. The van der Waals surface area contributed by atoms with Gasteiger partial charge in [0.05, 0.1) is 6.54 Å². The Balaban J connectivity index is 0.000000810. The highest BCUT2D eigenvalue weighted by atomic mass is 35.5. The molecule has 0 radical (unpaired) electrons. The average molecular weight is 163 g/mol. The Labute approximate surface area is 65.8 Å². The summed E-state index contributed by atoms with van der Waals surface area (Å²) >= 11 is 0. The lowest BCUT2D eigenvalue weighted by molar-refractivity contribution is 0.699. The van der Waals surface area contributed by atoms with Crippen molar-refractivity contribution in [3.05, 3.63) is 11.6 Å². The first-order valence-electron chi connectivity index (χ1n) is 2.80. The molecule has 0 atom stereocenters. The van der Waals surface area contributed by atoms with E-state index in [9.17, 15) is 0 Å². The molecule has 0 amide bonds. The number of aryl methyl sites for hydroxylation is 2. The van der Waals surface area contributed by atoms with Crippen LogP contribution >= 0.6 is 12.4 Å². The number of rotatable bonds is 1. The summed E-state index contributed by atoms with van der Waals surface area (Å²) in [5.74, 6) is 1.60. The lowest BCUT2D eigenvalue weighted by Crippen LogP contribution is -2.05. The van der Waals surface area contributed by atoms with Crippen LogP contribution in [-0.2, 0) is 13.6 Å². The molecule has 10 heavy (non-hydrogen) atoms. The summed E-state index contributed by atoms with van der Waals surface area (Å²) in [5, 5.41) is 4.01. The molecular weight excluding hydrogens is 152 g/mol. The average Bonchev–Trinajstić information content (AvgIpc) is 2.10. The molecular formula is C5H11ClN4. The molecule has 0 aliphatic rings. The normalized spacial score (nSPS) is 9.10. The van der Waals surface area contributed by atoms with E-state index < -0.39 is 0 Å². The minimum absolute atomic E-state index is 0. The van der Waals surface area contributed by atoms with Crippen molar-refractivity contribution in [2.45, 2.75) is 13.5 Å². The lowest BCUT2D eigenvalue weighted by Gasteiger charge is -1.90. The summed E-state index contributed by atoms with van der Waals surface area (Å²) in [6.07, 6.45) is 0. The van der Waals surface area contributed by atoms with E-state index in [0.717, 1.165) is 11.6 Å². The molecule has 1 aromatic heterocycles. The standard InChI is InChI=1S/C5H10N4.ClH/c1-4-7-5(3-6)9(2)8-4;/h3,6H2,1-2H3;1H. The Morgan fingerprint density at radius 3 is 2.40 bits per heavy atom. The van der Waals surface area contributed by atoms with E-state index >= 15 is 0 Å². The van der Waals surface area contributed by atoms with Gasteiger partial charge in [-0.2, -0.15) is 5.10 Å². The quantitative estimate of drug-likeness (QED) is 0.633. The maximum atomic E-state index is 5.34. The van der Waals surface area contributed by atoms with Crippen LogP contribution in [0.2, 0.25) is 0 Å². The second kappa shape index (κ2) is 3.53. The molecule has 0 aliphatic heterocycles. The first-order chi connectivity index (χ1) is 4.24. The fraction of sp³-hybridized carbons (Fsp3) is 0.600. The van der Waals surface area contributed by atoms with Crippen molar-refractivity contribution < 1.29 is 0 Å². The Morgan fingerprint density at radius 1 is 1.60 bits per heavy atom. The number of halogens is 1. The highest BCUT2D eigenvalue weighted by molar-refractivity contribution is 5.85. The van der Waals surface area contributed by atoms with Gasteiger partial charge in [-0.3, -0.25) is 4.68 Å². The SMILES string of the molecule is Cc1nc(CN)n(C)n1.Cl. The van der Waals surface area contributed by atoms with Crippen molar-refractivity contribution >= 4 is 12.4 Å². The van der Waals surface area contributed by atoms with Crippen LogP contribution < -0.4 is 5.73 Å². The predicted molar refractivity (Wildman–Crippen MR) is 40.9 cm³/mol. The lowest BCUT2D eigenvalue weighted by atomic mass is 10.6. The van der Waals surface area contributed by atoms with E-state index in [1.165, 1.54) is 0 Å². The first-order valence-corrected chi connectivity index (χ1v) is 2.80. The van der Waals surface area contributed by atoms with Crippen LogP contribution in [0.5, 0.6) is 0 Å². The van der Waals surface area contributed by atoms with Gasteiger partial charge in [-0.25, -0.2) is 4.98 Å². The van der Waals surface area contributed by atoms with Gasteiger partial charge in [-0.1, -0.05) is 0 Å². The van der Waals surface area contributed by atoms with Crippen molar-refractivity contribution in [1.82, 2.24) is 14.8 Å². The van der Waals surface area contributed by atoms with E-state index in [4.69, 9.17) is 5.73 Å². The van der Waals surface area contributed by atoms with Gasteiger partial charge in [0.1, 0.15) is 11.6 Å². The van der Waals surface area contributed by atoms with Crippen LogP contribution in [0, 0.1) is 6.92 Å². The molecule has 5 heteroatoms. The van der Waals surface area contributed by atoms with Crippen LogP contribution in [0.25, 0.3) is 0 Å². The molecule has 1 rings (SSSR count). The largest absolute Gasteiger partial charge is 0.324 e. The van der Waals surface area contributed by atoms with E-state index in [0.29, 0.717) is 6.54 Å². The van der Waals surface area contributed by atoms with E-state index in [-0.39, 0.29) is 12.4 Å². The molecule has 4 nitrogen and oxygen atoms in total. The summed E-state index contributed by atoms with van der Waals surface area (Å²) in [6, 6.07) is 0. The zero-order valence-electron chi connectivity index (χ0n) is 6.03. The molecule has 0 aliphatic carbocycles. The van der Waals surface area contributed by atoms with Crippen LogP contribution in [0.15, 0.2) is 0 Å². The Bertz CT molecular complexity index is 207. The van der Waals surface area contributed by atoms with Gasteiger partial charge in [0.15, 0.2) is 0 Å². The first kappa shape index (κ1) is 9.39. The van der Waals surface area contributed by atoms with Crippen molar-refractivity contribution in [1.29, 1.82) is 0 Å². The molecule has 1 heterocycles. The van der Waals surface area contributed by atoms with Gasteiger partial charge in [0.2, 0.25) is 0 Å². The molecule has 0 saturated heterocycles. The van der Waals surface area contributed by atoms with E-state index in [2.05, 4.69) is 10.1 Å². The van der Waals surface area contributed by atoms with Crippen LogP contribution in [0.4, 0.5) is 0 Å². The molecule has 1 aromatic rings. The third kappa shape index (κ3) is 1.68. The van der Waals surface area contributed by atoms with Crippen molar-refractivity contribution in [2.75, 3.05) is 0 Å². The highest BCUT2D eigenvalue weighted by Gasteiger charge is 1.98. The van der Waals surface area contributed by atoms with Gasteiger partial charge in [0.25, 0.3) is 0 Å². The topological polar surface area (TPSA) is 56.7 Å². The predicted octanol–water partition coefficient (Wildman–Crippen LogP) is 0.00402. The van der Waals surface area contributed by atoms with Crippen LogP contribution in [0.1, 0.15) is 11.6 Å². The van der Waals surface area contributed by atoms with Gasteiger partial charge in [0, 0.05) is 7.05 Å². The zero-order valence-corrected chi connectivity index (χ0v) is 6.85. The fourth-order valence-corrected chi connectivity index (χ4v) is 0.734. The van der Waals surface area contributed by atoms with Gasteiger partial charge in [-0.05, 0) is 6.92 Å². The molecule has 0 saturated carbocycles. The van der Waals surface area contributed by atoms with Crippen molar-refractivity contribution in [3.63, 3.8) is 0 Å². The maximum Gasteiger partial charge on any atom is 0.147 e. The van der Waals surface area contributed by atoms with Crippen LogP contribution in [-0.4, -0.2) is 14.8 Å². The highest BCUT2D eigenvalue weighted by Crippen LogP contribution is 1.91. The third-order valence-corrected chi connectivity index (χ3v) is 1.14. The number of nitrogens with zero attached hydrogens (tertiary/aromatic N) is 3. The van der Waals surface area contributed by atoms with Crippen LogP contribution in [0.3, 0.4) is 0 Å². The second-order valence-corrected chi connectivity index (χ2v) is 1.90. The number of hydrogen-bond acceptors (Lipinski definition) is 3. The summed E-state index contributed by atoms with van der Waals surface area (Å²) in [6.45, 7) is 2.30. The number of aromatic nitrogens is 3. The summed E-state index contributed by atoms with van der Waals surface area (Å²) in [5.41, 5.74) is 5.34. The van der Waals surface area contributed by atoms with Gasteiger partial charge < -0.3 is 5.73 Å². The zero-order chi connectivity index (χ0) is 6.85. The van der Waals surface area contributed by atoms with Gasteiger partial charge in [-0.15, -0.1) is 12.4 Å². The summed E-state index contributed by atoms with van der Waals surface area (Å²) in [7, 11) is 1.84. The summed E-state index contributed by atoms with van der Waals surface area (Å²) < 4.78 is 1.69. The Hall–Kier alpha value is -0.610. The summed E-state index contributed by atoms with van der Waals surface area (Å²) in [4.78, 5) is 4.06. The van der Waals surface area contributed by atoms with E-state index in [1.54, 1.807) is 4.68 Å². The molecule has 0 unspecified atom stereocenters. The Kier molecular flexibility index (Phi) is 3.32. The molecule has 0 aromatic carbocycles. The maximum absolute atomic E-state index is 5.34. The number of hydrogen-bond donors (Lipinski definition) is 1. The molecule has 0 fully saturated rings. The van der Waals surface area contributed by atoms with Crippen molar-refractivity contribution in [2.24, 2.45) is 12.8 Å². The van der Waals surface area contributed by atoms with Crippen molar-refractivity contribution in [3.8, 4) is 0 Å². The smallest absolute Gasteiger partial charge is 0.147 e. The van der Waals surface area contributed by atoms with E-state index in [1.807, 2.05) is 14.0 Å². The van der Waals surface area contributed by atoms with Gasteiger partial charge >= 0.3 is 0 Å². The molecule has 0 bridgehead atoms. The number of nitrogens with two attached hydrogens (primary N) is 1. The third-order valence-electron chi connectivity index (χ3n) is 1.14. The molecule has 2 N–H and O–H groups in total. The fourth-order valence-electron chi connectivity index (χ4n) is 0.734. The minimum atomic E-state index is 0. The molecule has 0 spiro atoms. The second-order valence-electron chi connectivity index (χ2n) is 1.90. The Morgan fingerprint density at radius 2 is 2.20 bits per heavy atom. The molecule has 58 valence electrons.